The van der Waals surface area contributed by atoms with E-state index in [4.69, 9.17) is 5.73 Å². The molecule has 0 radical (unpaired) electrons. The molecule has 0 aliphatic heterocycles. The van der Waals surface area contributed by atoms with Crippen LogP contribution < -0.4 is 15.8 Å². The third-order valence-electron chi connectivity index (χ3n) is 4.62. The summed E-state index contributed by atoms with van der Waals surface area (Å²) in [6.07, 6.45) is 3.68. The monoisotopic (exact) mass is 353 g/mol. The second-order valence-electron chi connectivity index (χ2n) is 6.81. The zero-order valence-electron chi connectivity index (χ0n) is 14.3. The van der Waals surface area contributed by atoms with E-state index < -0.39 is 15.6 Å². The first-order chi connectivity index (χ1) is 11.2. The van der Waals surface area contributed by atoms with Gasteiger partial charge in [-0.05, 0) is 38.8 Å². The van der Waals surface area contributed by atoms with E-state index in [1.165, 1.54) is 0 Å². The molecule has 1 aromatic carbocycles. The largest absolute Gasteiger partial charge is 0.354 e. The first-order valence-electron chi connectivity index (χ1n) is 8.35. The lowest BCUT2D eigenvalue weighted by Gasteiger charge is -2.37. The van der Waals surface area contributed by atoms with Crippen molar-refractivity contribution in [2.45, 2.75) is 50.0 Å². The van der Waals surface area contributed by atoms with Gasteiger partial charge >= 0.3 is 0 Å². The fourth-order valence-electron chi connectivity index (χ4n) is 3.08. The van der Waals surface area contributed by atoms with Gasteiger partial charge < -0.3 is 11.1 Å². The molecule has 2 atom stereocenters. The molecule has 134 valence electrons. The standard InChI is InChI=1S/C17H27N3O3S/c1-13-6-8-14(9-7-13)24(22,23)20-12-11-19-16(21)15-5-3-4-10-17(15,2)18/h6-9,15,20H,3-5,10-12,18H2,1-2H3,(H,19,21). The van der Waals surface area contributed by atoms with Gasteiger partial charge in [0.05, 0.1) is 10.8 Å². The van der Waals surface area contributed by atoms with Gasteiger partial charge in [0.15, 0.2) is 0 Å². The quantitative estimate of drug-likeness (QED) is 0.671. The number of hydrogen-bond acceptors (Lipinski definition) is 4. The molecule has 24 heavy (non-hydrogen) atoms. The first kappa shape index (κ1) is 18.9. The Morgan fingerprint density at radius 3 is 2.54 bits per heavy atom. The Kier molecular flexibility index (Phi) is 6.01. The van der Waals surface area contributed by atoms with E-state index in [-0.39, 0.29) is 29.8 Å². The van der Waals surface area contributed by atoms with Crippen LogP contribution >= 0.6 is 0 Å². The molecule has 1 fully saturated rings. The number of hydrogen-bond donors (Lipinski definition) is 3. The summed E-state index contributed by atoms with van der Waals surface area (Å²) in [6, 6.07) is 6.64. The van der Waals surface area contributed by atoms with Gasteiger partial charge in [0.25, 0.3) is 0 Å². The molecular weight excluding hydrogens is 326 g/mol. The number of carbonyl (C=O) groups excluding carboxylic acids is 1. The van der Waals surface area contributed by atoms with Gasteiger partial charge in [0.1, 0.15) is 0 Å². The summed E-state index contributed by atoms with van der Waals surface area (Å²) in [6.45, 7) is 4.21. The number of benzene rings is 1. The summed E-state index contributed by atoms with van der Waals surface area (Å²) < 4.78 is 26.8. The Hall–Kier alpha value is -1.44. The van der Waals surface area contributed by atoms with Crippen LogP contribution in [0.2, 0.25) is 0 Å². The molecule has 1 aromatic rings. The zero-order chi connectivity index (χ0) is 17.8. The van der Waals surface area contributed by atoms with Gasteiger partial charge in [-0.15, -0.1) is 0 Å². The van der Waals surface area contributed by atoms with Gasteiger partial charge in [-0.2, -0.15) is 0 Å². The van der Waals surface area contributed by atoms with Crippen molar-refractivity contribution in [1.29, 1.82) is 0 Å². The summed E-state index contributed by atoms with van der Waals surface area (Å²) in [4.78, 5) is 12.5. The Morgan fingerprint density at radius 2 is 1.92 bits per heavy atom. The Bertz CT molecular complexity index is 669. The molecular formula is C17H27N3O3S. The third kappa shape index (κ3) is 4.78. The predicted molar refractivity (Wildman–Crippen MR) is 93.9 cm³/mol. The minimum absolute atomic E-state index is 0.0887. The van der Waals surface area contributed by atoms with Gasteiger partial charge in [0, 0.05) is 18.6 Å². The summed E-state index contributed by atoms with van der Waals surface area (Å²) in [5.74, 6) is -0.297. The summed E-state index contributed by atoms with van der Waals surface area (Å²) >= 11 is 0. The van der Waals surface area contributed by atoms with Crippen molar-refractivity contribution in [1.82, 2.24) is 10.0 Å². The van der Waals surface area contributed by atoms with Crippen LogP contribution in [0.25, 0.3) is 0 Å². The van der Waals surface area contributed by atoms with Crippen LogP contribution in [-0.4, -0.2) is 33.0 Å². The molecule has 2 rings (SSSR count). The average molecular weight is 353 g/mol. The number of sulfonamides is 1. The highest BCUT2D eigenvalue weighted by Gasteiger charge is 2.37. The molecule has 1 aliphatic carbocycles. The van der Waals surface area contributed by atoms with Crippen LogP contribution in [0.3, 0.4) is 0 Å². The highest BCUT2D eigenvalue weighted by Crippen LogP contribution is 2.31. The number of rotatable bonds is 6. The minimum Gasteiger partial charge on any atom is -0.354 e. The topological polar surface area (TPSA) is 101 Å². The van der Waals surface area contributed by atoms with Crippen LogP contribution in [0.4, 0.5) is 0 Å². The molecule has 0 heterocycles. The van der Waals surface area contributed by atoms with E-state index in [1.807, 2.05) is 13.8 Å². The molecule has 0 aromatic heterocycles. The van der Waals surface area contributed by atoms with Gasteiger partial charge in [-0.25, -0.2) is 13.1 Å². The lowest BCUT2D eigenvalue weighted by atomic mass is 9.74. The normalized spacial score (nSPS) is 24.5. The molecule has 1 saturated carbocycles. The maximum absolute atomic E-state index is 12.3. The van der Waals surface area contributed by atoms with Gasteiger partial charge in [-0.3, -0.25) is 4.79 Å². The molecule has 2 unspecified atom stereocenters. The molecule has 1 amide bonds. The average Bonchev–Trinajstić information content (AvgIpc) is 2.51. The molecule has 7 heteroatoms. The summed E-state index contributed by atoms with van der Waals surface area (Å²) in [7, 11) is -3.55. The van der Waals surface area contributed by atoms with Crippen LogP contribution in [0.1, 0.15) is 38.2 Å². The van der Waals surface area contributed by atoms with E-state index in [9.17, 15) is 13.2 Å². The number of nitrogens with one attached hydrogen (secondary N) is 2. The van der Waals surface area contributed by atoms with E-state index in [2.05, 4.69) is 10.0 Å². The van der Waals surface area contributed by atoms with Crippen molar-refractivity contribution < 1.29 is 13.2 Å². The van der Waals surface area contributed by atoms with E-state index >= 15 is 0 Å². The van der Waals surface area contributed by atoms with Crippen molar-refractivity contribution in [3.05, 3.63) is 29.8 Å². The lowest BCUT2D eigenvalue weighted by molar-refractivity contribution is -0.128. The predicted octanol–water partition coefficient (Wildman–Crippen LogP) is 1.30. The number of aryl methyl sites for hydroxylation is 1. The number of carbonyl (C=O) groups is 1. The van der Waals surface area contributed by atoms with Gasteiger partial charge in [0.2, 0.25) is 15.9 Å². The SMILES string of the molecule is Cc1ccc(S(=O)(=O)NCCNC(=O)C2CCCCC2(C)N)cc1. The highest BCUT2D eigenvalue weighted by molar-refractivity contribution is 7.89. The zero-order valence-corrected chi connectivity index (χ0v) is 15.2. The highest BCUT2D eigenvalue weighted by atomic mass is 32.2. The van der Waals surface area contributed by atoms with Crippen molar-refractivity contribution in [3.63, 3.8) is 0 Å². The maximum atomic E-state index is 12.3. The number of nitrogens with two attached hydrogens (primary N) is 1. The molecule has 0 bridgehead atoms. The molecule has 4 N–H and O–H groups in total. The first-order valence-corrected chi connectivity index (χ1v) is 9.84. The second-order valence-corrected chi connectivity index (χ2v) is 8.57. The van der Waals surface area contributed by atoms with Crippen molar-refractivity contribution in [2.75, 3.05) is 13.1 Å². The third-order valence-corrected chi connectivity index (χ3v) is 6.10. The maximum Gasteiger partial charge on any atom is 0.240 e. The van der Waals surface area contributed by atoms with Crippen LogP contribution in [0.5, 0.6) is 0 Å². The van der Waals surface area contributed by atoms with E-state index in [0.717, 1.165) is 31.2 Å². The Morgan fingerprint density at radius 1 is 1.25 bits per heavy atom. The number of amides is 1. The van der Waals surface area contributed by atoms with Gasteiger partial charge in [-0.1, -0.05) is 30.5 Å². The van der Waals surface area contributed by atoms with Crippen LogP contribution in [0.15, 0.2) is 29.2 Å². The molecule has 0 spiro atoms. The summed E-state index contributed by atoms with van der Waals surface area (Å²) in [5.41, 5.74) is 6.73. The van der Waals surface area contributed by atoms with E-state index in [1.54, 1.807) is 24.3 Å². The fraction of sp³-hybridized carbons (Fsp3) is 0.588. The fourth-order valence-corrected chi connectivity index (χ4v) is 4.12. The van der Waals surface area contributed by atoms with Crippen LogP contribution in [0, 0.1) is 12.8 Å². The Labute approximate surface area is 144 Å². The molecule has 1 aliphatic rings. The van der Waals surface area contributed by atoms with E-state index in [0.29, 0.717) is 0 Å². The lowest BCUT2D eigenvalue weighted by Crippen LogP contribution is -2.53. The van der Waals surface area contributed by atoms with Crippen molar-refractivity contribution >= 4 is 15.9 Å². The molecule has 6 nitrogen and oxygen atoms in total. The van der Waals surface area contributed by atoms with Crippen LogP contribution in [-0.2, 0) is 14.8 Å². The minimum atomic E-state index is -3.55. The van der Waals surface area contributed by atoms with Crippen molar-refractivity contribution in [3.8, 4) is 0 Å². The smallest absolute Gasteiger partial charge is 0.240 e. The molecule has 0 saturated heterocycles. The second kappa shape index (κ2) is 7.63. The summed E-state index contributed by atoms with van der Waals surface area (Å²) in [5, 5.41) is 2.80. The van der Waals surface area contributed by atoms with Crippen molar-refractivity contribution in [2.24, 2.45) is 11.7 Å². The Balaban J connectivity index is 1.82.